The van der Waals surface area contributed by atoms with Crippen LogP contribution in [0.5, 0.6) is 5.75 Å². The van der Waals surface area contributed by atoms with Crippen molar-refractivity contribution in [1.82, 2.24) is 9.88 Å². The normalized spacial score (nSPS) is 14.1. The molecule has 1 fully saturated rings. The largest absolute Gasteiger partial charge is 0.495 e. The number of thioether (sulfide) groups is 1. The Bertz CT molecular complexity index is 1020. The molecule has 0 atom stereocenters. The van der Waals surface area contributed by atoms with Gasteiger partial charge in [-0.1, -0.05) is 23.8 Å². The van der Waals surface area contributed by atoms with Crippen LogP contribution in [-0.4, -0.2) is 47.5 Å². The van der Waals surface area contributed by atoms with Crippen molar-refractivity contribution in [3.8, 4) is 5.75 Å². The van der Waals surface area contributed by atoms with Crippen LogP contribution in [0.25, 0.3) is 10.9 Å². The van der Waals surface area contributed by atoms with Gasteiger partial charge in [-0.15, -0.1) is 0 Å². The molecule has 3 aromatic rings. The zero-order valence-electron chi connectivity index (χ0n) is 16.1. The molecule has 4 rings (SSSR count). The third-order valence-electron chi connectivity index (χ3n) is 4.86. The second-order valence-corrected chi connectivity index (χ2v) is 8.03. The molecule has 5 nitrogen and oxygen atoms in total. The molecule has 2 aromatic carbocycles. The van der Waals surface area contributed by atoms with E-state index in [1.54, 1.807) is 7.11 Å². The summed E-state index contributed by atoms with van der Waals surface area (Å²) in [5.41, 5.74) is 4.13. The van der Waals surface area contributed by atoms with Crippen molar-refractivity contribution in [3.63, 3.8) is 0 Å². The fraction of sp³-hybridized carbons (Fsp3) is 0.273. The highest BCUT2D eigenvalue weighted by Gasteiger charge is 2.21. The lowest BCUT2D eigenvalue weighted by molar-refractivity contribution is 0.0767. The van der Waals surface area contributed by atoms with E-state index in [-0.39, 0.29) is 5.91 Å². The minimum Gasteiger partial charge on any atom is -0.495 e. The molecule has 0 aliphatic carbocycles. The van der Waals surface area contributed by atoms with Crippen LogP contribution in [0.3, 0.4) is 0 Å². The van der Waals surface area contributed by atoms with Gasteiger partial charge < -0.3 is 15.0 Å². The molecule has 0 spiro atoms. The average Bonchev–Trinajstić information content (AvgIpc) is 2.74. The van der Waals surface area contributed by atoms with Crippen molar-refractivity contribution in [1.29, 1.82) is 0 Å². The van der Waals surface area contributed by atoms with Crippen LogP contribution >= 0.6 is 11.8 Å². The van der Waals surface area contributed by atoms with Gasteiger partial charge in [-0.3, -0.25) is 4.79 Å². The summed E-state index contributed by atoms with van der Waals surface area (Å²) in [6, 6.07) is 15.7. The fourth-order valence-corrected chi connectivity index (χ4v) is 4.28. The number of hydrogen-bond acceptors (Lipinski definition) is 5. The quantitative estimate of drug-likeness (QED) is 0.708. The van der Waals surface area contributed by atoms with Crippen molar-refractivity contribution in [2.45, 2.75) is 6.92 Å². The number of benzene rings is 2. The van der Waals surface area contributed by atoms with Gasteiger partial charge in [0.25, 0.3) is 5.91 Å². The first-order chi connectivity index (χ1) is 13.7. The zero-order chi connectivity index (χ0) is 19.5. The number of amides is 1. The highest BCUT2D eigenvalue weighted by Crippen LogP contribution is 2.32. The van der Waals surface area contributed by atoms with Gasteiger partial charge in [-0.25, -0.2) is 4.98 Å². The van der Waals surface area contributed by atoms with Crippen molar-refractivity contribution < 1.29 is 9.53 Å². The lowest BCUT2D eigenvalue weighted by Gasteiger charge is -2.26. The molecule has 0 radical (unpaired) electrons. The molecular weight excluding hydrogens is 370 g/mol. The number of methoxy groups -OCH3 is 1. The van der Waals surface area contributed by atoms with Gasteiger partial charge in [0.2, 0.25) is 0 Å². The summed E-state index contributed by atoms with van der Waals surface area (Å²) in [4.78, 5) is 19.6. The number of nitrogens with zero attached hydrogens (tertiary/aromatic N) is 2. The van der Waals surface area contributed by atoms with E-state index in [4.69, 9.17) is 4.74 Å². The predicted octanol–water partition coefficient (Wildman–Crippen LogP) is 4.48. The Labute approximate surface area is 169 Å². The average molecular weight is 394 g/mol. The van der Waals surface area contributed by atoms with E-state index >= 15 is 0 Å². The highest BCUT2D eigenvalue weighted by atomic mass is 32.2. The van der Waals surface area contributed by atoms with E-state index in [0.29, 0.717) is 5.69 Å². The molecule has 1 saturated heterocycles. The first-order valence-corrected chi connectivity index (χ1v) is 10.5. The lowest BCUT2D eigenvalue weighted by Crippen LogP contribution is -2.38. The fourth-order valence-electron chi connectivity index (χ4n) is 3.37. The topological polar surface area (TPSA) is 54.5 Å². The molecule has 0 unspecified atom stereocenters. The summed E-state index contributed by atoms with van der Waals surface area (Å²) >= 11 is 1.88. The number of para-hydroxylation sites is 2. The number of aryl methyl sites for hydroxylation is 1. The Kier molecular flexibility index (Phi) is 5.39. The van der Waals surface area contributed by atoms with Gasteiger partial charge in [-0.05, 0) is 37.3 Å². The number of pyridine rings is 1. The summed E-state index contributed by atoms with van der Waals surface area (Å²) in [6.45, 7) is 3.59. The van der Waals surface area contributed by atoms with Crippen LogP contribution < -0.4 is 10.1 Å². The van der Waals surface area contributed by atoms with E-state index in [9.17, 15) is 4.79 Å². The number of carbonyl (C=O) groups is 1. The number of rotatable bonds is 4. The minimum absolute atomic E-state index is 0.00847. The van der Waals surface area contributed by atoms with Gasteiger partial charge in [0.15, 0.2) is 0 Å². The van der Waals surface area contributed by atoms with Crippen LogP contribution in [0, 0.1) is 6.92 Å². The predicted molar refractivity (Wildman–Crippen MR) is 116 cm³/mol. The van der Waals surface area contributed by atoms with E-state index in [0.717, 1.165) is 58.2 Å². The summed E-state index contributed by atoms with van der Waals surface area (Å²) in [5, 5.41) is 4.44. The van der Waals surface area contributed by atoms with Gasteiger partial charge in [-0.2, -0.15) is 11.8 Å². The second-order valence-electron chi connectivity index (χ2n) is 6.81. The Hall–Kier alpha value is -2.73. The monoisotopic (exact) mass is 393 g/mol. The molecule has 1 aromatic heterocycles. The van der Waals surface area contributed by atoms with Crippen LogP contribution in [0.2, 0.25) is 0 Å². The van der Waals surface area contributed by atoms with E-state index in [1.807, 2.05) is 59.1 Å². The van der Waals surface area contributed by atoms with Gasteiger partial charge in [0.05, 0.1) is 24.0 Å². The molecular formula is C22H23N3O2S. The number of fused-ring (bicyclic) bond motifs is 1. The Balaban J connectivity index is 1.78. The van der Waals surface area contributed by atoms with Crippen molar-refractivity contribution in [2.75, 3.05) is 37.0 Å². The van der Waals surface area contributed by atoms with Crippen LogP contribution in [0.1, 0.15) is 16.1 Å². The standard InChI is InChI=1S/C22H23N3O2S/c1-15-7-8-17-16(13-15)19(24-18-5-3-4-6-21(18)27-2)14-20(23-17)22(26)25-9-11-28-12-10-25/h3-8,13-14H,9-12H2,1-2H3,(H,23,24). The lowest BCUT2D eigenvalue weighted by atomic mass is 10.1. The van der Waals surface area contributed by atoms with Crippen LogP contribution in [0.15, 0.2) is 48.5 Å². The first kappa shape index (κ1) is 18.6. The van der Waals surface area contributed by atoms with Crippen LogP contribution in [-0.2, 0) is 0 Å². The molecule has 28 heavy (non-hydrogen) atoms. The second kappa shape index (κ2) is 8.10. The van der Waals surface area contributed by atoms with E-state index in [2.05, 4.69) is 23.3 Å². The third-order valence-corrected chi connectivity index (χ3v) is 5.80. The summed E-state index contributed by atoms with van der Waals surface area (Å²) in [6.07, 6.45) is 0. The summed E-state index contributed by atoms with van der Waals surface area (Å²) in [7, 11) is 1.65. The number of anilines is 2. The Morgan fingerprint density at radius 3 is 2.68 bits per heavy atom. The molecule has 1 aliphatic heterocycles. The van der Waals surface area contributed by atoms with Crippen molar-refractivity contribution in [3.05, 3.63) is 59.8 Å². The van der Waals surface area contributed by atoms with Crippen molar-refractivity contribution >= 4 is 39.9 Å². The van der Waals surface area contributed by atoms with Gasteiger partial charge >= 0.3 is 0 Å². The molecule has 1 N–H and O–H groups in total. The summed E-state index contributed by atoms with van der Waals surface area (Å²) in [5.74, 6) is 2.70. The Morgan fingerprint density at radius 2 is 1.89 bits per heavy atom. The Morgan fingerprint density at radius 1 is 1.11 bits per heavy atom. The number of ether oxygens (including phenoxy) is 1. The molecule has 2 heterocycles. The maximum absolute atomic E-state index is 13.0. The van der Waals surface area contributed by atoms with E-state index in [1.165, 1.54) is 0 Å². The minimum atomic E-state index is -0.00847. The van der Waals surface area contributed by atoms with E-state index < -0.39 is 0 Å². The molecule has 1 amide bonds. The number of hydrogen-bond donors (Lipinski definition) is 1. The maximum Gasteiger partial charge on any atom is 0.272 e. The molecule has 1 aliphatic rings. The maximum atomic E-state index is 13.0. The zero-order valence-corrected chi connectivity index (χ0v) is 16.9. The first-order valence-electron chi connectivity index (χ1n) is 9.34. The van der Waals surface area contributed by atoms with Crippen LogP contribution in [0.4, 0.5) is 11.4 Å². The number of carbonyl (C=O) groups excluding carboxylic acids is 1. The van der Waals surface area contributed by atoms with Gasteiger partial charge in [0.1, 0.15) is 11.4 Å². The number of nitrogens with one attached hydrogen (secondary N) is 1. The molecule has 144 valence electrons. The SMILES string of the molecule is COc1ccccc1Nc1cc(C(=O)N2CCSCC2)nc2ccc(C)cc12. The number of aromatic nitrogens is 1. The molecule has 0 saturated carbocycles. The highest BCUT2D eigenvalue weighted by molar-refractivity contribution is 7.99. The van der Waals surface area contributed by atoms with Crippen molar-refractivity contribution in [2.24, 2.45) is 0 Å². The smallest absolute Gasteiger partial charge is 0.272 e. The molecule has 6 heteroatoms. The summed E-state index contributed by atoms with van der Waals surface area (Å²) < 4.78 is 5.47. The third kappa shape index (κ3) is 3.78. The molecule has 0 bridgehead atoms. The van der Waals surface area contributed by atoms with Gasteiger partial charge in [0, 0.05) is 30.0 Å².